The van der Waals surface area contributed by atoms with E-state index in [-0.39, 0.29) is 6.04 Å². The maximum absolute atomic E-state index is 13.7. The van der Waals surface area contributed by atoms with Crippen LogP contribution in [0.25, 0.3) is 0 Å². The van der Waals surface area contributed by atoms with Crippen LogP contribution < -0.4 is 5.32 Å². The number of hydrogen-bond donors (Lipinski definition) is 1. The zero-order chi connectivity index (χ0) is 14.5. The molecule has 0 aromatic heterocycles. The van der Waals surface area contributed by atoms with Crippen LogP contribution in [0.2, 0.25) is 0 Å². The number of halogens is 2. The van der Waals surface area contributed by atoms with Gasteiger partial charge < -0.3 is 5.32 Å². The van der Waals surface area contributed by atoms with E-state index in [0.29, 0.717) is 4.90 Å². The third-order valence-electron chi connectivity index (χ3n) is 3.01. The van der Waals surface area contributed by atoms with Gasteiger partial charge >= 0.3 is 0 Å². The van der Waals surface area contributed by atoms with E-state index in [1.807, 2.05) is 31.2 Å². The zero-order valence-electron chi connectivity index (χ0n) is 11.5. The summed E-state index contributed by atoms with van der Waals surface area (Å²) in [5.41, 5.74) is 1.09. The van der Waals surface area contributed by atoms with Gasteiger partial charge in [0.15, 0.2) is 0 Å². The topological polar surface area (TPSA) is 12.0 Å². The van der Waals surface area contributed by atoms with Crippen molar-refractivity contribution < 1.29 is 8.78 Å². The van der Waals surface area contributed by atoms with Gasteiger partial charge in [0.25, 0.3) is 0 Å². The van der Waals surface area contributed by atoms with E-state index >= 15 is 0 Å². The largest absolute Gasteiger partial charge is 0.310 e. The van der Waals surface area contributed by atoms with Crippen molar-refractivity contribution in [2.45, 2.75) is 29.7 Å². The molecule has 2 aromatic rings. The van der Waals surface area contributed by atoms with Crippen molar-refractivity contribution in [3.8, 4) is 0 Å². The van der Waals surface area contributed by atoms with Crippen LogP contribution >= 0.6 is 11.8 Å². The minimum Gasteiger partial charge on any atom is -0.310 e. The summed E-state index contributed by atoms with van der Waals surface area (Å²) in [6.07, 6.45) is 0. The van der Waals surface area contributed by atoms with E-state index < -0.39 is 11.6 Å². The van der Waals surface area contributed by atoms with Crippen LogP contribution in [0.4, 0.5) is 8.78 Å². The van der Waals surface area contributed by atoms with Crippen molar-refractivity contribution in [1.29, 1.82) is 0 Å². The molecule has 1 unspecified atom stereocenters. The van der Waals surface area contributed by atoms with Crippen LogP contribution in [0.15, 0.2) is 52.3 Å². The molecule has 0 saturated carbocycles. The van der Waals surface area contributed by atoms with E-state index in [9.17, 15) is 8.78 Å². The van der Waals surface area contributed by atoms with Crippen molar-refractivity contribution in [3.63, 3.8) is 0 Å². The van der Waals surface area contributed by atoms with Gasteiger partial charge in [0.05, 0.1) is 4.90 Å². The first-order valence-corrected chi connectivity index (χ1v) is 7.38. The van der Waals surface area contributed by atoms with Crippen LogP contribution in [-0.4, -0.2) is 6.54 Å². The lowest BCUT2D eigenvalue weighted by atomic mass is 10.1. The molecule has 106 valence electrons. The van der Waals surface area contributed by atoms with E-state index in [0.717, 1.165) is 29.1 Å². The van der Waals surface area contributed by atoms with E-state index in [2.05, 4.69) is 12.2 Å². The fraction of sp³-hybridized carbons (Fsp3) is 0.250. The Morgan fingerprint density at radius 1 is 1.10 bits per heavy atom. The quantitative estimate of drug-likeness (QED) is 0.851. The SMILES string of the molecule is CCNC(C)c1ccccc1Sc1cc(F)ccc1F. The number of rotatable bonds is 5. The molecule has 0 aliphatic rings. The van der Waals surface area contributed by atoms with Crippen LogP contribution in [-0.2, 0) is 0 Å². The average molecular weight is 293 g/mol. The molecule has 1 N–H and O–H groups in total. The Bertz CT molecular complexity index is 586. The summed E-state index contributed by atoms with van der Waals surface area (Å²) in [4.78, 5) is 1.24. The first-order valence-electron chi connectivity index (χ1n) is 6.57. The normalized spacial score (nSPS) is 12.4. The highest BCUT2D eigenvalue weighted by Gasteiger charge is 2.12. The molecule has 2 aromatic carbocycles. The molecule has 4 heteroatoms. The molecular weight excluding hydrogens is 276 g/mol. The smallest absolute Gasteiger partial charge is 0.137 e. The molecule has 1 nitrogen and oxygen atoms in total. The van der Waals surface area contributed by atoms with Crippen LogP contribution in [0.1, 0.15) is 25.5 Å². The monoisotopic (exact) mass is 293 g/mol. The Balaban J connectivity index is 2.31. The standard InChI is InChI=1S/C16H17F2NS/c1-3-19-11(2)13-6-4-5-7-15(13)20-16-10-12(17)8-9-14(16)18/h4-11,19H,3H2,1-2H3. The Kier molecular flexibility index (Phi) is 5.15. The second-order valence-corrected chi connectivity index (χ2v) is 5.58. The first-order chi connectivity index (χ1) is 9.61. The lowest BCUT2D eigenvalue weighted by Gasteiger charge is -2.17. The van der Waals surface area contributed by atoms with Gasteiger partial charge in [-0.05, 0) is 43.3 Å². The Morgan fingerprint density at radius 2 is 1.85 bits per heavy atom. The Labute approximate surface area is 122 Å². The first kappa shape index (κ1) is 15.0. The predicted molar refractivity (Wildman–Crippen MR) is 79.0 cm³/mol. The highest BCUT2D eigenvalue weighted by Crippen LogP contribution is 2.34. The molecule has 0 aliphatic heterocycles. The van der Waals surface area contributed by atoms with Crippen LogP contribution in [0.3, 0.4) is 0 Å². The second-order valence-electron chi connectivity index (χ2n) is 4.49. The van der Waals surface area contributed by atoms with Gasteiger partial charge in [-0.15, -0.1) is 0 Å². The molecule has 2 rings (SSSR count). The van der Waals surface area contributed by atoms with Gasteiger partial charge in [0, 0.05) is 10.9 Å². The highest BCUT2D eigenvalue weighted by atomic mass is 32.2. The zero-order valence-corrected chi connectivity index (χ0v) is 12.3. The van der Waals surface area contributed by atoms with Crippen molar-refractivity contribution >= 4 is 11.8 Å². The number of hydrogen-bond acceptors (Lipinski definition) is 2. The lowest BCUT2D eigenvalue weighted by Crippen LogP contribution is -2.18. The minimum atomic E-state index is -0.425. The Morgan fingerprint density at radius 3 is 2.60 bits per heavy atom. The summed E-state index contributed by atoms with van der Waals surface area (Å²) in [7, 11) is 0. The molecule has 0 fully saturated rings. The lowest BCUT2D eigenvalue weighted by molar-refractivity contribution is 0.576. The maximum atomic E-state index is 13.7. The van der Waals surface area contributed by atoms with E-state index in [1.54, 1.807) is 0 Å². The molecule has 0 spiro atoms. The fourth-order valence-electron chi connectivity index (χ4n) is 2.02. The van der Waals surface area contributed by atoms with Gasteiger partial charge in [-0.25, -0.2) is 8.78 Å². The molecule has 20 heavy (non-hydrogen) atoms. The average Bonchev–Trinajstić information content (AvgIpc) is 2.44. The van der Waals surface area contributed by atoms with Gasteiger partial charge in [-0.2, -0.15) is 0 Å². The highest BCUT2D eigenvalue weighted by molar-refractivity contribution is 7.99. The second kappa shape index (κ2) is 6.86. The summed E-state index contributed by atoms with van der Waals surface area (Å²) in [6, 6.07) is 11.5. The van der Waals surface area contributed by atoms with Crippen LogP contribution in [0.5, 0.6) is 0 Å². The summed E-state index contributed by atoms with van der Waals surface area (Å²) in [5, 5.41) is 3.33. The summed E-state index contributed by atoms with van der Waals surface area (Å²) in [6.45, 7) is 4.96. The third kappa shape index (κ3) is 3.58. The van der Waals surface area contributed by atoms with E-state index in [4.69, 9.17) is 0 Å². The summed E-state index contributed by atoms with van der Waals surface area (Å²) >= 11 is 1.25. The molecular formula is C16H17F2NS. The summed E-state index contributed by atoms with van der Waals surface area (Å²) in [5.74, 6) is -0.826. The van der Waals surface area contributed by atoms with E-state index in [1.165, 1.54) is 17.8 Å². The molecule has 0 bridgehead atoms. The molecule has 0 radical (unpaired) electrons. The maximum Gasteiger partial charge on any atom is 0.137 e. The summed E-state index contributed by atoms with van der Waals surface area (Å²) < 4.78 is 27.0. The van der Waals surface area contributed by atoms with Crippen molar-refractivity contribution in [2.75, 3.05) is 6.54 Å². The van der Waals surface area contributed by atoms with Crippen LogP contribution in [0, 0.1) is 11.6 Å². The molecule has 0 aliphatic carbocycles. The predicted octanol–water partition coefficient (Wildman–Crippen LogP) is 4.79. The van der Waals surface area contributed by atoms with Gasteiger partial charge in [-0.3, -0.25) is 0 Å². The molecule has 1 atom stereocenters. The Hall–Kier alpha value is -1.39. The van der Waals surface area contributed by atoms with Crippen molar-refractivity contribution in [3.05, 3.63) is 59.7 Å². The number of nitrogens with one attached hydrogen (secondary N) is 1. The third-order valence-corrected chi connectivity index (χ3v) is 4.13. The molecule has 0 amide bonds. The number of benzene rings is 2. The van der Waals surface area contributed by atoms with Gasteiger partial charge in [-0.1, -0.05) is 36.9 Å². The minimum absolute atomic E-state index is 0.167. The molecule has 0 saturated heterocycles. The molecule has 0 heterocycles. The van der Waals surface area contributed by atoms with Gasteiger partial charge in [0.1, 0.15) is 11.6 Å². The van der Waals surface area contributed by atoms with Crippen molar-refractivity contribution in [1.82, 2.24) is 5.32 Å². The fourth-order valence-corrected chi connectivity index (χ4v) is 3.10. The van der Waals surface area contributed by atoms with Crippen molar-refractivity contribution in [2.24, 2.45) is 0 Å². The van der Waals surface area contributed by atoms with Gasteiger partial charge in [0.2, 0.25) is 0 Å².